The summed E-state index contributed by atoms with van der Waals surface area (Å²) in [7, 11) is 0. The summed E-state index contributed by atoms with van der Waals surface area (Å²) >= 11 is 6.37. The quantitative estimate of drug-likeness (QED) is 0.287. The number of amides is 1. The zero-order valence-corrected chi connectivity index (χ0v) is 19.2. The van der Waals surface area contributed by atoms with Gasteiger partial charge in [0.2, 0.25) is 5.95 Å². The lowest BCUT2D eigenvalue weighted by molar-refractivity contribution is -0.384. The molecule has 4 aromatic rings. The highest BCUT2D eigenvalue weighted by molar-refractivity contribution is 6.33. The van der Waals surface area contributed by atoms with E-state index in [0.717, 1.165) is 0 Å². The molecule has 0 radical (unpaired) electrons. The van der Waals surface area contributed by atoms with Crippen molar-refractivity contribution in [3.63, 3.8) is 0 Å². The van der Waals surface area contributed by atoms with Gasteiger partial charge in [-0.15, -0.1) is 5.10 Å². The number of nitro groups is 1. The number of nitrogens with zero attached hydrogens (tertiary/aromatic N) is 4. The minimum Gasteiger partial charge on any atom is -0.328 e. The highest BCUT2D eigenvalue weighted by atomic mass is 35.5. The Morgan fingerprint density at radius 1 is 1.06 bits per heavy atom. The van der Waals surface area contributed by atoms with Gasteiger partial charge in [0.25, 0.3) is 11.6 Å². The summed E-state index contributed by atoms with van der Waals surface area (Å²) in [6.07, 6.45) is 0. The maximum Gasteiger partial charge on any atom is 0.269 e. The number of carbonyl (C=O) groups is 1. The van der Waals surface area contributed by atoms with E-state index in [1.165, 1.54) is 12.1 Å². The molecule has 0 bridgehead atoms. The first-order chi connectivity index (χ1) is 16.9. The zero-order chi connectivity index (χ0) is 24.5. The van der Waals surface area contributed by atoms with Crippen LogP contribution in [-0.4, -0.2) is 25.6 Å². The highest BCUT2D eigenvalue weighted by Gasteiger charge is 2.35. The van der Waals surface area contributed by atoms with Crippen LogP contribution in [-0.2, 0) is 4.79 Å². The number of carbonyl (C=O) groups excluding carboxylic acids is 1. The number of fused-ring (bicyclic) bond motifs is 1. The van der Waals surface area contributed by atoms with Crippen molar-refractivity contribution in [3.05, 3.63) is 111 Å². The lowest BCUT2D eigenvalue weighted by atomic mass is 9.95. The molecule has 9 nitrogen and oxygen atoms in total. The molecule has 0 saturated carbocycles. The van der Waals surface area contributed by atoms with Crippen molar-refractivity contribution in [1.82, 2.24) is 14.8 Å². The lowest BCUT2D eigenvalue weighted by Gasteiger charge is -2.28. The summed E-state index contributed by atoms with van der Waals surface area (Å²) in [5, 5.41) is 22.5. The second-order valence-corrected chi connectivity index (χ2v) is 8.33. The standard InChI is InChI=1S/C25H19ClN6O3/c1-15-21(24(33)28-17-7-3-2-4-8-17)22(16-11-13-18(14-12-16)32(34)35)31-25(27-15)29-23(30-31)19-9-5-6-10-20(19)26/h2-14,22H,1H3,(H,28,33)(H,27,29,30)/t22-/m1/s1. The number of hydrogen-bond acceptors (Lipinski definition) is 6. The second kappa shape index (κ2) is 9.03. The number of halogens is 1. The van der Waals surface area contributed by atoms with Crippen molar-refractivity contribution >= 4 is 34.8 Å². The molecule has 1 atom stereocenters. The van der Waals surface area contributed by atoms with Crippen molar-refractivity contribution in [3.8, 4) is 11.4 Å². The monoisotopic (exact) mass is 486 g/mol. The van der Waals surface area contributed by atoms with Gasteiger partial charge in [0.05, 0.1) is 15.5 Å². The number of para-hydroxylation sites is 1. The average molecular weight is 487 g/mol. The minimum atomic E-state index is -0.681. The minimum absolute atomic E-state index is 0.0470. The third-order valence-electron chi connectivity index (χ3n) is 5.66. The lowest BCUT2D eigenvalue weighted by Crippen LogP contribution is -2.31. The van der Waals surface area contributed by atoms with Crippen LogP contribution in [0.5, 0.6) is 0 Å². The van der Waals surface area contributed by atoms with Crippen LogP contribution in [0, 0.1) is 10.1 Å². The largest absolute Gasteiger partial charge is 0.328 e. The normalized spacial score (nSPS) is 14.7. The molecule has 1 amide bonds. The van der Waals surface area contributed by atoms with Crippen LogP contribution in [0.25, 0.3) is 11.4 Å². The first-order valence-electron chi connectivity index (χ1n) is 10.7. The molecule has 3 aromatic carbocycles. The molecule has 0 unspecified atom stereocenters. The van der Waals surface area contributed by atoms with Crippen LogP contribution in [0.1, 0.15) is 18.5 Å². The Morgan fingerprint density at radius 2 is 1.74 bits per heavy atom. The molecule has 0 saturated heterocycles. The molecule has 0 aliphatic carbocycles. The van der Waals surface area contributed by atoms with Gasteiger partial charge in [0.1, 0.15) is 6.04 Å². The zero-order valence-electron chi connectivity index (χ0n) is 18.5. The Hall–Kier alpha value is -4.50. The molecule has 5 rings (SSSR count). The fraction of sp³-hybridized carbons (Fsp3) is 0.0800. The van der Waals surface area contributed by atoms with Gasteiger partial charge in [0, 0.05) is 29.1 Å². The number of rotatable bonds is 5. The van der Waals surface area contributed by atoms with E-state index in [0.29, 0.717) is 44.9 Å². The summed E-state index contributed by atoms with van der Waals surface area (Å²) in [6, 6.07) is 21.7. The van der Waals surface area contributed by atoms with Gasteiger partial charge >= 0.3 is 0 Å². The van der Waals surface area contributed by atoms with E-state index < -0.39 is 11.0 Å². The first-order valence-corrected chi connectivity index (χ1v) is 11.1. The fourth-order valence-corrected chi connectivity index (χ4v) is 4.23. The molecule has 1 aliphatic rings. The van der Waals surface area contributed by atoms with Gasteiger partial charge in [-0.05, 0) is 48.9 Å². The number of hydrogen-bond donors (Lipinski definition) is 2. The Kier molecular flexibility index (Phi) is 5.76. The van der Waals surface area contributed by atoms with Gasteiger partial charge in [-0.3, -0.25) is 14.9 Å². The SMILES string of the molecule is CC1=C(C(=O)Nc2ccccc2)[C@@H](c2ccc([N+](=O)[O-])cc2)n2nc(-c3ccccc3Cl)nc2N1. The third-order valence-corrected chi connectivity index (χ3v) is 5.99. The Bertz CT molecular complexity index is 1460. The molecule has 1 aromatic heterocycles. The molecule has 2 N–H and O–H groups in total. The molecule has 0 spiro atoms. The predicted molar refractivity (Wildman–Crippen MR) is 133 cm³/mol. The number of benzene rings is 3. The van der Waals surface area contributed by atoms with Gasteiger partial charge in [0.15, 0.2) is 5.82 Å². The van der Waals surface area contributed by atoms with E-state index in [9.17, 15) is 14.9 Å². The molecule has 1 aliphatic heterocycles. The van der Waals surface area contributed by atoms with Crippen LogP contribution in [0.3, 0.4) is 0 Å². The smallest absolute Gasteiger partial charge is 0.269 e. The van der Waals surface area contributed by atoms with Crippen LogP contribution in [0.2, 0.25) is 5.02 Å². The molecule has 35 heavy (non-hydrogen) atoms. The number of nitrogens with one attached hydrogen (secondary N) is 2. The molecule has 2 heterocycles. The molecule has 10 heteroatoms. The number of allylic oxidation sites excluding steroid dienone is 1. The van der Waals surface area contributed by atoms with Crippen molar-refractivity contribution < 1.29 is 9.72 Å². The average Bonchev–Trinajstić information content (AvgIpc) is 3.27. The van der Waals surface area contributed by atoms with Crippen molar-refractivity contribution in [1.29, 1.82) is 0 Å². The number of aromatic nitrogens is 3. The second-order valence-electron chi connectivity index (χ2n) is 7.92. The van der Waals surface area contributed by atoms with E-state index >= 15 is 0 Å². The van der Waals surface area contributed by atoms with E-state index in [1.807, 2.05) is 36.4 Å². The van der Waals surface area contributed by atoms with E-state index in [1.54, 1.807) is 41.9 Å². The van der Waals surface area contributed by atoms with Crippen LogP contribution in [0.4, 0.5) is 17.3 Å². The Balaban J connectivity index is 1.62. The maximum atomic E-state index is 13.5. The number of anilines is 2. The van der Waals surface area contributed by atoms with Crippen molar-refractivity contribution in [2.75, 3.05) is 10.6 Å². The van der Waals surface area contributed by atoms with Gasteiger partial charge < -0.3 is 10.6 Å². The van der Waals surface area contributed by atoms with Crippen LogP contribution in [0.15, 0.2) is 90.1 Å². The Labute approximate surface area is 205 Å². The van der Waals surface area contributed by atoms with Gasteiger partial charge in [-0.2, -0.15) is 4.98 Å². The topological polar surface area (TPSA) is 115 Å². The maximum absolute atomic E-state index is 13.5. The molecular weight excluding hydrogens is 468 g/mol. The third kappa shape index (κ3) is 4.24. The van der Waals surface area contributed by atoms with E-state index in [-0.39, 0.29) is 11.6 Å². The summed E-state index contributed by atoms with van der Waals surface area (Å²) in [4.78, 5) is 28.8. The van der Waals surface area contributed by atoms with Gasteiger partial charge in [-0.1, -0.05) is 41.9 Å². The number of nitro benzene ring substituents is 1. The first kappa shape index (κ1) is 22.3. The Morgan fingerprint density at radius 3 is 2.43 bits per heavy atom. The van der Waals surface area contributed by atoms with Crippen LogP contribution >= 0.6 is 11.6 Å². The fourth-order valence-electron chi connectivity index (χ4n) is 4.01. The predicted octanol–water partition coefficient (Wildman–Crippen LogP) is 5.43. The van der Waals surface area contributed by atoms with Crippen molar-refractivity contribution in [2.45, 2.75) is 13.0 Å². The van der Waals surface area contributed by atoms with Crippen LogP contribution < -0.4 is 10.6 Å². The highest BCUT2D eigenvalue weighted by Crippen LogP contribution is 2.38. The summed E-state index contributed by atoms with van der Waals surface area (Å²) < 4.78 is 1.60. The van der Waals surface area contributed by atoms with E-state index in [2.05, 4.69) is 20.7 Å². The number of non-ortho nitro benzene ring substituents is 1. The molecule has 0 fully saturated rings. The molecule has 174 valence electrons. The summed E-state index contributed by atoms with van der Waals surface area (Å²) in [5.41, 5.74) is 2.88. The summed E-state index contributed by atoms with van der Waals surface area (Å²) in [6.45, 7) is 1.78. The van der Waals surface area contributed by atoms with Crippen molar-refractivity contribution in [2.24, 2.45) is 0 Å². The molecular formula is C25H19ClN6O3. The van der Waals surface area contributed by atoms with Gasteiger partial charge in [-0.25, -0.2) is 4.68 Å². The van der Waals surface area contributed by atoms with E-state index in [4.69, 9.17) is 11.6 Å². The summed E-state index contributed by atoms with van der Waals surface area (Å²) in [5.74, 6) is 0.490.